The molecule has 6 nitrogen and oxygen atoms in total. The fourth-order valence-corrected chi connectivity index (χ4v) is 4.06. The second-order valence-electron chi connectivity index (χ2n) is 7.71. The van der Waals surface area contributed by atoms with Crippen LogP contribution in [0.3, 0.4) is 0 Å². The minimum atomic E-state index is -0.579. The number of aromatic nitrogens is 2. The van der Waals surface area contributed by atoms with Crippen molar-refractivity contribution in [1.29, 1.82) is 0 Å². The molecule has 2 aromatic carbocycles. The monoisotopic (exact) mass is 454 g/mol. The van der Waals surface area contributed by atoms with Crippen molar-refractivity contribution in [3.63, 3.8) is 0 Å². The van der Waals surface area contributed by atoms with Crippen LogP contribution < -0.4 is 10.6 Å². The molecule has 1 heterocycles. The van der Waals surface area contributed by atoms with E-state index in [9.17, 15) is 14.0 Å². The van der Waals surface area contributed by atoms with Crippen molar-refractivity contribution in [3.05, 3.63) is 81.9 Å². The van der Waals surface area contributed by atoms with Crippen LogP contribution in [-0.4, -0.2) is 34.7 Å². The number of nitrogens with one attached hydrogen (secondary N) is 2. The van der Waals surface area contributed by atoms with Crippen LogP contribution in [0.4, 0.5) is 4.39 Å². The van der Waals surface area contributed by atoms with E-state index >= 15 is 0 Å². The average molecular weight is 455 g/mol. The molecular weight excluding hydrogens is 431 g/mol. The van der Waals surface area contributed by atoms with E-state index in [0.717, 1.165) is 49.0 Å². The van der Waals surface area contributed by atoms with Gasteiger partial charge in [-0.3, -0.25) is 9.59 Å². The van der Waals surface area contributed by atoms with Gasteiger partial charge in [-0.05, 0) is 62.1 Å². The third kappa shape index (κ3) is 4.83. The third-order valence-corrected chi connectivity index (χ3v) is 5.78. The molecular formula is C24H24ClFN4O2. The molecule has 32 heavy (non-hydrogen) atoms. The molecule has 0 unspecified atom stereocenters. The number of carbonyl (C=O) groups excluding carboxylic acids is 2. The summed E-state index contributed by atoms with van der Waals surface area (Å²) in [7, 11) is 0. The normalized spacial score (nSPS) is 13.2. The fourth-order valence-electron chi connectivity index (χ4n) is 3.93. The van der Waals surface area contributed by atoms with Gasteiger partial charge in [0.2, 0.25) is 0 Å². The van der Waals surface area contributed by atoms with Gasteiger partial charge in [-0.2, -0.15) is 5.10 Å². The summed E-state index contributed by atoms with van der Waals surface area (Å²) in [6.07, 6.45) is 4.83. The molecule has 1 aliphatic rings. The summed E-state index contributed by atoms with van der Waals surface area (Å²) in [4.78, 5) is 25.0. The number of halogens is 2. The van der Waals surface area contributed by atoms with E-state index in [2.05, 4.69) is 15.7 Å². The highest BCUT2D eigenvalue weighted by molar-refractivity contribution is 6.30. The van der Waals surface area contributed by atoms with Gasteiger partial charge in [-0.25, -0.2) is 9.07 Å². The lowest BCUT2D eigenvalue weighted by Crippen LogP contribution is -2.35. The first-order valence-corrected chi connectivity index (χ1v) is 11.1. The number of fused-ring (bicyclic) bond motifs is 1. The highest BCUT2D eigenvalue weighted by Crippen LogP contribution is 2.27. The highest BCUT2D eigenvalue weighted by atomic mass is 35.5. The summed E-state index contributed by atoms with van der Waals surface area (Å²) in [5.74, 6) is -1.38. The number of rotatable bonds is 6. The molecule has 0 fully saturated rings. The molecule has 0 radical (unpaired) electrons. The molecule has 0 saturated carbocycles. The second-order valence-corrected chi connectivity index (χ2v) is 8.15. The van der Waals surface area contributed by atoms with Crippen LogP contribution in [0, 0.1) is 5.82 Å². The zero-order chi connectivity index (χ0) is 22.5. The van der Waals surface area contributed by atoms with Crippen molar-refractivity contribution in [1.82, 2.24) is 20.4 Å². The molecule has 166 valence electrons. The lowest BCUT2D eigenvalue weighted by molar-refractivity contribution is 0.0922. The molecule has 1 aliphatic carbocycles. The first kappa shape index (κ1) is 22.0. The second kappa shape index (κ2) is 9.96. The molecule has 2 N–H and O–H groups in total. The summed E-state index contributed by atoms with van der Waals surface area (Å²) in [6, 6.07) is 13.2. The largest absolute Gasteiger partial charge is 0.350 e. The van der Waals surface area contributed by atoms with E-state index in [0.29, 0.717) is 10.7 Å². The average Bonchev–Trinajstić information content (AvgIpc) is 2.98. The number of amides is 2. The van der Waals surface area contributed by atoms with Crippen LogP contribution in [0.5, 0.6) is 0 Å². The fraction of sp³-hybridized carbons (Fsp3) is 0.292. The van der Waals surface area contributed by atoms with Gasteiger partial charge >= 0.3 is 0 Å². The topological polar surface area (TPSA) is 76.0 Å². The van der Waals surface area contributed by atoms with Crippen LogP contribution >= 0.6 is 11.6 Å². The maximum absolute atomic E-state index is 13.7. The van der Waals surface area contributed by atoms with E-state index in [1.165, 1.54) is 18.2 Å². The van der Waals surface area contributed by atoms with Crippen LogP contribution in [0.15, 0.2) is 48.5 Å². The minimum Gasteiger partial charge on any atom is -0.350 e. The van der Waals surface area contributed by atoms with E-state index in [-0.39, 0.29) is 24.6 Å². The Morgan fingerprint density at radius 1 is 0.938 bits per heavy atom. The lowest BCUT2D eigenvalue weighted by Gasteiger charge is -2.07. The molecule has 1 aromatic heterocycles. The van der Waals surface area contributed by atoms with Crippen LogP contribution in [0.25, 0.3) is 5.69 Å². The van der Waals surface area contributed by atoms with Crippen molar-refractivity contribution in [3.8, 4) is 5.69 Å². The van der Waals surface area contributed by atoms with Crippen LogP contribution in [0.2, 0.25) is 5.02 Å². The van der Waals surface area contributed by atoms with Crippen molar-refractivity contribution in [2.24, 2.45) is 0 Å². The Hall–Kier alpha value is -3.19. The van der Waals surface area contributed by atoms with Gasteiger partial charge in [-0.1, -0.05) is 30.2 Å². The van der Waals surface area contributed by atoms with Crippen molar-refractivity contribution < 1.29 is 14.0 Å². The van der Waals surface area contributed by atoms with Crippen LogP contribution in [-0.2, 0) is 12.8 Å². The summed E-state index contributed by atoms with van der Waals surface area (Å²) in [5.41, 5.74) is 3.29. The molecule has 4 rings (SSSR count). The molecule has 0 aliphatic heterocycles. The maximum Gasteiger partial charge on any atom is 0.272 e. The van der Waals surface area contributed by atoms with E-state index in [4.69, 9.17) is 11.6 Å². The molecule has 2 amide bonds. The SMILES string of the molecule is O=C(NCCNC(=O)c1nn(-c2ccc(Cl)cc2)c2c1CCCCC2)c1ccccc1F. The van der Waals surface area contributed by atoms with Crippen molar-refractivity contribution >= 4 is 23.4 Å². The standard InChI is InChI=1S/C24H24ClFN4O2/c25-16-10-12-17(13-11-16)30-21-9-3-1-2-7-19(21)22(29-30)24(32)28-15-14-27-23(31)18-6-4-5-8-20(18)26/h4-6,8,10-13H,1-3,7,9,14-15H2,(H,27,31)(H,28,32). The van der Waals surface area contributed by atoms with Gasteiger partial charge in [-0.15, -0.1) is 0 Å². The molecule has 0 saturated heterocycles. The molecule has 3 aromatic rings. The Morgan fingerprint density at radius 3 is 2.38 bits per heavy atom. The summed E-state index contributed by atoms with van der Waals surface area (Å²) >= 11 is 6.02. The van der Waals surface area contributed by atoms with E-state index < -0.39 is 11.7 Å². The van der Waals surface area contributed by atoms with Gasteiger partial charge in [0.25, 0.3) is 11.8 Å². The smallest absolute Gasteiger partial charge is 0.272 e. The van der Waals surface area contributed by atoms with Gasteiger partial charge in [0.15, 0.2) is 5.69 Å². The van der Waals surface area contributed by atoms with Gasteiger partial charge < -0.3 is 10.6 Å². The summed E-state index contributed by atoms with van der Waals surface area (Å²) in [6.45, 7) is 0.389. The maximum atomic E-state index is 13.7. The number of carbonyl (C=O) groups is 2. The van der Waals surface area contributed by atoms with Crippen molar-refractivity contribution in [2.45, 2.75) is 32.1 Å². The van der Waals surface area contributed by atoms with E-state index in [1.807, 2.05) is 16.8 Å². The first-order valence-electron chi connectivity index (χ1n) is 10.7. The zero-order valence-corrected chi connectivity index (χ0v) is 18.3. The molecule has 0 bridgehead atoms. The Balaban J connectivity index is 1.44. The summed E-state index contributed by atoms with van der Waals surface area (Å²) < 4.78 is 15.5. The molecule has 8 heteroatoms. The van der Waals surface area contributed by atoms with Crippen molar-refractivity contribution in [2.75, 3.05) is 13.1 Å². The Morgan fingerprint density at radius 2 is 1.62 bits per heavy atom. The molecule has 0 spiro atoms. The summed E-state index contributed by atoms with van der Waals surface area (Å²) in [5, 5.41) is 10.7. The number of hydrogen-bond acceptors (Lipinski definition) is 3. The van der Waals surface area contributed by atoms with Gasteiger partial charge in [0, 0.05) is 29.4 Å². The Labute approximate surface area is 190 Å². The quantitative estimate of drug-likeness (QED) is 0.435. The highest BCUT2D eigenvalue weighted by Gasteiger charge is 2.24. The zero-order valence-electron chi connectivity index (χ0n) is 17.5. The molecule has 0 atom stereocenters. The minimum absolute atomic E-state index is 0.0224. The predicted octanol–water partition coefficient (Wildman–Crippen LogP) is 4.09. The number of nitrogens with zero attached hydrogens (tertiary/aromatic N) is 2. The third-order valence-electron chi connectivity index (χ3n) is 5.53. The Bertz CT molecular complexity index is 1130. The van der Waals surface area contributed by atoms with Gasteiger partial charge in [0.05, 0.1) is 11.3 Å². The van der Waals surface area contributed by atoms with Gasteiger partial charge in [0.1, 0.15) is 5.82 Å². The Kier molecular flexibility index (Phi) is 6.85. The number of benzene rings is 2. The van der Waals surface area contributed by atoms with E-state index in [1.54, 1.807) is 18.2 Å². The lowest BCUT2D eigenvalue weighted by atomic mass is 10.1. The predicted molar refractivity (Wildman–Crippen MR) is 121 cm³/mol. The first-order chi connectivity index (χ1) is 15.5. The number of hydrogen-bond donors (Lipinski definition) is 2. The van der Waals surface area contributed by atoms with Crippen LogP contribution in [0.1, 0.15) is 51.4 Å².